The van der Waals surface area contributed by atoms with Gasteiger partial charge < -0.3 is 4.98 Å². The molecule has 1 aromatic carbocycles. The SMILES string of the molecule is Cc1cc(-c2nc(CC(C)C)cc(=O)[nH]2)ccc1F. The van der Waals surface area contributed by atoms with Gasteiger partial charge in [0.05, 0.1) is 0 Å². The van der Waals surface area contributed by atoms with Crippen LogP contribution in [0.15, 0.2) is 29.1 Å². The van der Waals surface area contributed by atoms with Gasteiger partial charge in [-0.25, -0.2) is 9.37 Å². The molecule has 0 spiro atoms. The Balaban J connectivity index is 2.46. The molecule has 19 heavy (non-hydrogen) atoms. The number of hydrogen-bond acceptors (Lipinski definition) is 2. The molecule has 1 heterocycles. The Kier molecular flexibility index (Phi) is 3.79. The largest absolute Gasteiger partial charge is 0.307 e. The quantitative estimate of drug-likeness (QED) is 0.921. The monoisotopic (exact) mass is 260 g/mol. The molecule has 2 aromatic rings. The van der Waals surface area contributed by atoms with Crippen molar-refractivity contribution in [3.63, 3.8) is 0 Å². The van der Waals surface area contributed by atoms with Gasteiger partial charge in [-0.3, -0.25) is 4.79 Å². The summed E-state index contributed by atoms with van der Waals surface area (Å²) in [5.41, 5.74) is 1.84. The standard InChI is InChI=1S/C15H17FN2O/c1-9(2)6-12-8-14(19)18-15(17-12)11-4-5-13(16)10(3)7-11/h4-5,7-9H,6H2,1-3H3,(H,17,18,19). The van der Waals surface area contributed by atoms with Crippen LogP contribution in [0, 0.1) is 18.7 Å². The van der Waals surface area contributed by atoms with Gasteiger partial charge in [-0.15, -0.1) is 0 Å². The maximum atomic E-state index is 13.3. The Morgan fingerprint density at radius 3 is 2.68 bits per heavy atom. The second kappa shape index (κ2) is 5.34. The van der Waals surface area contributed by atoms with E-state index in [1.54, 1.807) is 19.1 Å². The molecule has 0 amide bonds. The molecule has 0 unspecified atom stereocenters. The molecule has 0 saturated heterocycles. The summed E-state index contributed by atoms with van der Waals surface area (Å²) >= 11 is 0. The number of aromatic amines is 1. The van der Waals surface area contributed by atoms with E-state index in [-0.39, 0.29) is 11.4 Å². The number of nitrogens with zero attached hydrogens (tertiary/aromatic N) is 1. The Hall–Kier alpha value is -1.97. The minimum atomic E-state index is -0.260. The van der Waals surface area contributed by atoms with Crippen LogP contribution in [0.1, 0.15) is 25.1 Å². The van der Waals surface area contributed by atoms with E-state index in [0.717, 1.165) is 17.7 Å². The summed E-state index contributed by atoms with van der Waals surface area (Å²) in [4.78, 5) is 18.8. The molecule has 0 aliphatic heterocycles. The third-order valence-corrected chi connectivity index (χ3v) is 2.84. The van der Waals surface area contributed by atoms with Gasteiger partial charge in [-0.05, 0) is 43.0 Å². The van der Waals surface area contributed by atoms with E-state index < -0.39 is 0 Å². The molecule has 0 fully saturated rings. The lowest BCUT2D eigenvalue weighted by Crippen LogP contribution is -2.12. The lowest BCUT2D eigenvalue weighted by atomic mass is 10.1. The van der Waals surface area contributed by atoms with Gasteiger partial charge in [0.15, 0.2) is 0 Å². The highest BCUT2D eigenvalue weighted by atomic mass is 19.1. The van der Waals surface area contributed by atoms with E-state index in [2.05, 4.69) is 23.8 Å². The van der Waals surface area contributed by atoms with E-state index in [1.165, 1.54) is 12.1 Å². The summed E-state index contributed by atoms with van der Waals surface area (Å²) in [5, 5.41) is 0. The molecule has 2 rings (SSSR count). The molecule has 0 atom stereocenters. The van der Waals surface area contributed by atoms with Crippen LogP contribution in [0.4, 0.5) is 4.39 Å². The molecule has 100 valence electrons. The normalized spacial score (nSPS) is 11.0. The first-order valence-corrected chi connectivity index (χ1v) is 6.32. The smallest absolute Gasteiger partial charge is 0.251 e. The minimum Gasteiger partial charge on any atom is -0.307 e. The molecule has 1 N–H and O–H groups in total. The van der Waals surface area contributed by atoms with Crippen molar-refractivity contribution in [2.75, 3.05) is 0 Å². The molecular formula is C15H17FN2O. The van der Waals surface area contributed by atoms with Crippen molar-refractivity contribution >= 4 is 0 Å². The predicted octanol–water partition coefficient (Wildman–Crippen LogP) is 3.08. The summed E-state index contributed by atoms with van der Waals surface area (Å²) in [6.45, 7) is 5.84. The molecule has 4 heteroatoms. The van der Waals surface area contributed by atoms with Crippen molar-refractivity contribution in [3.8, 4) is 11.4 Å². The topological polar surface area (TPSA) is 45.8 Å². The summed E-state index contributed by atoms with van der Waals surface area (Å²) in [6, 6.07) is 6.21. The van der Waals surface area contributed by atoms with Crippen molar-refractivity contribution in [3.05, 3.63) is 51.7 Å². The highest BCUT2D eigenvalue weighted by molar-refractivity contribution is 5.56. The van der Waals surface area contributed by atoms with Crippen molar-refractivity contribution in [1.29, 1.82) is 0 Å². The number of H-pyrrole nitrogens is 1. The fourth-order valence-corrected chi connectivity index (χ4v) is 1.96. The number of rotatable bonds is 3. The zero-order chi connectivity index (χ0) is 14.0. The average Bonchev–Trinajstić information content (AvgIpc) is 2.31. The zero-order valence-corrected chi connectivity index (χ0v) is 11.3. The lowest BCUT2D eigenvalue weighted by molar-refractivity contribution is 0.618. The summed E-state index contributed by atoms with van der Waals surface area (Å²) in [6.07, 6.45) is 0.747. The van der Waals surface area contributed by atoms with Crippen LogP contribution in [0.3, 0.4) is 0 Å². The first-order valence-electron chi connectivity index (χ1n) is 6.32. The second-order valence-electron chi connectivity index (χ2n) is 5.15. The second-order valence-corrected chi connectivity index (χ2v) is 5.15. The summed E-state index contributed by atoms with van der Waals surface area (Å²) in [7, 11) is 0. The van der Waals surface area contributed by atoms with Gasteiger partial charge in [0.25, 0.3) is 5.56 Å². The number of halogens is 1. The van der Waals surface area contributed by atoms with Gasteiger partial charge in [-0.1, -0.05) is 13.8 Å². The maximum absolute atomic E-state index is 13.3. The Labute approximate surface area is 111 Å². The first kappa shape index (κ1) is 13.5. The zero-order valence-electron chi connectivity index (χ0n) is 11.3. The van der Waals surface area contributed by atoms with Gasteiger partial charge >= 0.3 is 0 Å². The van der Waals surface area contributed by atoms with E-state index in [9.17, 15) is 9.18 Å². The van der Waals surface area contributed by atoms with Crippen molar-refractivity contribution in [2.45, 2.75) is 27.2 Å². The molecular weight excluding hydrogens is 243 g/mol. The summed E-state index contributed by atoms with van der Waals surface area (Å²) in [5.74, 6) is 0.660. The predicted molar refractivity (Wildman–Crippen MR) is 73.5 cm³/mol. The molecule has 0 saturated carbocycles. The molecule has 0 aliphatic carbocycles. The molecule has 0 aliphatic rings. The maximum Gasteiger partial charge on any atom is 0.251 e. The first-order chi connectivity index (χ1) is 8.95. The van der Waals surface area contributed by atoms with Crippen LogP contribution in [0.2, 0.25) is 0 Å². The van der Waals surface area contributed by atoms with Crippen LogP contribution in [-0.2, 0) is 6.42 Å². The average molecular weight is 260 g/mol. The minimum absolute atomic E-state index is 0.178. The number of nitrogens with one attached hydrogen (secondary N) is 1. The number of aromatic nitrogens is 2. The fraction of sp³-hybridized carbons (Fsp3) is 0.333. The third-order valence-electron chi connectivity index (χ3n) is 2.84. The lowest BCUT2D eigenvalue weighted by Gasteiger charge is -2.07. The Bertz CT molecular complexity index is 647. The van der Waals surface area contributed by atoms with Crippen LogP contribution in [-0.4, -0.2) is 9.97 Å². The molecule has 1 aromatic heterocycles. The molecule has 3 nitrogen and oxygen atoms in total. The number of aryl methyl sites for hydroxylation is 1. The van der Waals surface area contributed by atoms with Gasteiger partial charge in [0, 0.05) is 17.3 Å². The van der Waals surface area contributed by atoms with Crippen molar-refractivity contribution in [1.82, 2.24) is 9.97 Å². The van der Waals surface area contributed by atoms with Crippen LogP contribution in [0.5, 0.6) is 0 Å². The van der Waals surface area contributed by atoms with E-state index in [4.69, 9.17) is 0 Å². The molecule has 0 radical (unpaired) electrons. The van der Waals surface area contributed by atoms with E-state index in [1.807, 2.05) is 0 Å². The van der Waals surface area contributed by atoms with Crippen molar-refractivity contribution in [2.24, 2.45) is 5.92 Å². The molecule has 0 bridgehead atoms. The Morgan fingerprint density at radius 2 is 2.05 bits per heavy atom. The van der Waals surface area contributed by atoms with Crippen LogP contribution in [0.25, 0.3) is 11.4 Å². The fourth-order valence-electron chi connectivity index (χ4n) is 1.96. The Morgan fingerprint density at radius 1 is 1.32 bits per heavy atom. The van der Waals surface area contributed by atoms with Gasteiger partial charge in [-0.2, -0.15) is 0 Å². The number of hydrogen-bond donors (Lipinski definition) is 1. The van der Waals surface area contributed by atoms with Gasteiger partial charge in [0.2, 0.25) is 0 Å². The third kappa shape index (κ3) is 3.28. The summed E-state index contributed by atoms with van der Waals surface area (Å²) < 4.78 is 13.3. The van der Waals surface area contributed by atoms with Gasteiger partial charge in [0.1, 0.15) is 11.6 Å². The highest BCUT2D eigenvalue weighted by Crippen LogP contribution is 2.18. The van der Waals surface area contributed by atoms with Crippen molar-refractivity contribution < 1.29 is 4.39 Å². The highest BCUT2D eigenvalue weighted by Gasteiger charge is 2.07. The number of benzene rings is 1. The van der Waals surface area contributed by atoms with Crippen LogP contribution < -0.4 is 5.56 Å². The van der Waals surface area contributed by atoms with E-state index >= 15 is 0 Å². The van der Waals surface area contributed by atoms with E-state index in [0.29, 0.717) is 17.3 Å². The van der Waals surface area contributed by atoms with Crippen LogP contribution >= 0.6 is 0 Å².